The highest BCUT2D eigenvalue weighted by Gasteiger charge is 2.28. The molecule has 1 N–H and O–H groups in total. The van der Waals surface area contributed by atoms with Gasteiger partial charge in [0, 0.05) is 32.8 Å². The number of para-hydroxylation sites is 2. The summed E-state index contributed by atoms with van der Waals surface area (Å²) in [4.78, 5) is 10.8. The number of aliphatic imine (C=N–C) groups is 2. The standard InChI is InChI=1S/C39H33N5/c1-4-14-26(15-5-1)37-40-38(27-16-6-2-7-17-27)42-39(41-37)44-34-23-13-11-21-30(34)32-25-24-31-29-20-10-12-22-33(29)43(35(31)36(32)44)28-18-8-3-9-19-28/h1,3-5,8,10-16,18,20-25,39H,2,6-7,9,17,19H2,(H,40,41,42). The van der Waals surface area contributed by atoms with Crippen molar-refractivity contribution in [1.29, 1.82) is 0 Å². The number of amidine groups is 2. The highest BCUT2D eigenvalue weighted by Crippen LogP contribution is 2.43. The molecule has 6 aromatic rings. The van der Waals surface area contributed by atoms with Crippen LogP contribution >= 0.6 is 0 Å². The smallest absolute Gasteiger partial charge is 0.225 e. The van der Waals surface area contributed by atoms with Crippen molar-refractivity contribution in [3.05, 3.63) is 126 Å². The van der Waals surface area contributed by atoms with E-state index in [9.17, 15) is 0 Å². The first kappa shape index (κ1) is 25.3. The van der Waals surface area contributed by atoms with Gasteiger partial charge in [0.1, 0.15) is 11.7 Å². The summed E-state index contributed by atoms with van der Waals surface area (Å²) in [7, 11) is 0. The average Bonchev–Trinajstić information content (AvgIpc) is 3.62. The van der Waals surface area contributed by atoms with Gasteiger partial charge in [-0.25, -0.2) is 9.98 Å². The number of allylic oxidation sites excluding steroid dienone is 5. The van der Waals surface area contributed by atoms with Crippen molar-refractivity contribution < 1.29 is 0 Å². The summed E-state index contributed by atoms with van der Waals surface area (Å²) in [5.74, 6) is 1.81. The average molecular weight is 572 g/mol. The molecule has 1 aliphatic heterocycles. The Hall–Kier alpha value is -5.16. The topological polar surface area (TPSA) is 46.6 Å². The number of aromatic nitrogens is 2. The lowest BCUT2D eigenvalue weighted by Gasteiger charge is -2.26. The minimum absolute atomic E-state index is 0.455. The predicted octanol–water partition coefficient (Wildman–Crippen LogP) is 9.50. The van der Waals surface area contributed by atoms with Gasteiger partial charge in [0.25, 0.3) is 0 Å². The van der Waals surface area contributed by atoms with Crippen LogP contribution in [-0.4, -0.2) is 20.8 Å². The summed E-state index contributed by atoms with van der Waals surface area (Å²) in [6, 6.07) is 32.7. The molecule has 3 heterocycles. The Morgan fingerprint density at radius 2 is 1.36 bits per heavy atom. The minimum atomic E-state index is -0.455. The molecule has 0 saturated heterocycles. The van der Waals surface area contributed by atoms with Crippen molar-refractivity contribution in [3.8, 4) is 0 Å². The fourth-order valence-electron chi connectivity index (χ4n) is 7.36. The Labute approximate surface area is 256 Å². The number of hydrogen-bond acceptors (Lipinski definition) is 3. The van der Waals surface area contributed by atoms with E-state index in [1.807, 2.05) is 0 Å². The van der Waals surface area contributed by atoms with Gasteiger partial charge in [-0.1, -0.05) is 97.1 Å². The fraction of sp³-hybridized carbons (Fsp3) is 0.179. The van der Waals surface area contributed by atoms with Crippen LogP contribution in [0.15, 0.2) is 131 Å². The first-order chi connectivity index (χ1) is 21.8. The van der Waals surface area contributed by atoms with E-state index in [1.165, 1.54) is 62.2 Å². The Bertz CT molecular complexity index is 2250. The van der Waals surface area contributed by atoms with E-state index >= 15 is 0 Å². The Morgan fingerprint density at radius 1 is 0.636 bits per heavy atom. The molecule has 0 bridgehead atoms. The molecule has 5 nitrogen and oxygen atoms in total. The highest BCUT2D eigenvalue weighted by molar-refractivity contribution is 6.24. The molecule has 0 amide bonds. The number of rotatable bonds is 4. The molecule has 2 aliphatic carbocycles. The molecule has 214 valence electrons. The van der Waals surface area contributed by atoms with E-state index in [4.69, 9.17) is 9.98 Å². The lowest BCUT2D eigenvalue weighted by Crippen LogP contribution is -2.37. The first-order valence-electron chi connectivity index (χ1n) is 15.8. The van der Waals surface area contributed by atoms with Crippen LogP contribution in [0, 0.1) is 0 Å². The van der Waals surface area contributed by atoms with Gasteiger partial charge in [0.05, 0.1) is 22.1 Å². The zero-order valence-electron chi connectivity index (χ0n) is 24.6. The van der Waals surface area contributed by atoms with Gasteiger partial charge in [0.2, 0.25) is 6.29 Å². The highest BCUT2D eigenvalue weighted by atomic mass is 15.3. The number of nitrogens with one attached hydrogen (secondary N) is 1. The van der Waals surface area contributed by atoms with Gasteiger partial charge < -0.3 is 9.88 Å². The van der Waals surface area contributed by atoms with Gasteiger partial charge in [0.15, 0.2) is 0 Å². The summed E-state index contributed by atoms with van der Waals surface area (Å²) in [5, 5.41) is 8.63. The van der Waals surface area contributed by atoms with Crippen LogP contribution < -0.4 is 5.32 Å². The van der Waals surface area contributed by atoms with Crippen molar-refractivity contribution in [2.24, 2.45) is 9.98 Å². The lowest BCUT2D eigenvalue weighted by molar-refractivity contribution is 0.574. The van der Waals surface area contributed by atoms with Gasteiger partial charge in [-0.3, -0.25) is 4.57 Å². The molecule has 0 radical (unpaired) electrons. The molecule has 1 atom stereocenters. The van der Waals surface area contributed by atoms with Crippen LogP contribution in [0.5, 0.6) is 0 Å². The quantitative estimate of drug-likeness (QED) is 0.225. The van der Waals surface area contributed by atoms with Gasteiger partial charge >= 0.3 is 0 Å². The van der Waals surface area contributed by atoms with E-state index in [0.717, 1.165) is 48.4 Å². The first-order valence-corrected chi connectivity index (χ1v) is 15.8. The summed E-state index contributed by atoms with van der Waals surface area (Å²) in [6.07, 6.45) is 15.3. The van der Waals surface area contributed by atoms with Crippen LogP contribution in [0.1, 0.15) is 50.4 Å². The molecule has 3 aliphatic rings. The Kier molecular flexibility index (Phi) is 5.90. The van der Waals surface area contributed by atoms with Crippen LogP contribution in [0.2, 0.25) is 0 Å². The van der Waals surface area contributed by atoms with Crippen LogP contribution in [-0.2, 0) is 0 Å². The fourth-order valence-corrected chi connectivity index (χ4v) is 7.36. The molecule has 0 fully saturated rings. The Morgan fingerprint density at radius 3 is 2.14 bits per heavy atom. The van der Waals surface area contributed by atoms with Crippen molar-refractivity contribution >= 4 is 61.0 Å². The number of benzene rings is 4. The van der Waals surface area contributed by atoms with Crippen LogP contribution in [0.25, 0.3) is 49.3 Å². The number of fused-ring (bicyclic) bond motifs is 7. The van der Waals surface area contributed by atoms with Crippen molar-refractivity contribution in [2.45, 2.75) is 44.8 Å². The van der Waals surface area contributed by atoms with Crippen molar-refractivity contribution in [3.63, 3.8) is 0 Å². The molecular weight excluding hydrogens is 538 g/mol. The van der Waals surface area contributed by atoms with Gasteiger partial charge in [-0.2, -0.15) is 0 Å². The second-order valence-electron chi connectivity index (χ2n) is 12.0. The van der Waals surface area contributed by atoms with Crippen LogP contribution in [0.4, 0.5) is 0 Å². The van der Waals surface area contributed by atoms with Gasteiger partial charge in [-0.15, -0.1) is 0 Å². The predicted molar refractivity (Wildman–Crippen MR) is 184 cm³/mol. The van der Waals surface area contributed by atoms with Crippen molar-refractivity contribution in [1.82, 2.24) is 14.5 Å². The van der Waals surface area contributed by atoms with Gasteiger partial charge in [-0.05, 0) is 62.3 Å². The third-order valence-corrected chi connectivity index (χ3v) is 9.38. The zero-order valence-corrected chi connectivity index (χ0v) is 24.6. The third-order valence-electron chi connectivity index (χ3n) is 9.38. The van der Waals surface area contributed by atoms with E-state index in [2.05, 4.69) is 130 Å². The second kappa shape index (κ2) is 10.2. The second-order valence-corrected chi connectivity index (χ2v) is 12.0. The monoisotopic (exact) mass is 571 g/mol. The Balaban J connectivity index is 1.40. The minimum Gasteiger partial charge on any atom is -0.325 e. The molecule has 2 aromatic heterocycles. The van der Waals surface area contributed by atoms with E-state index in [1.54, 1.807) is 0 Å². The van der Waals surface area contributed by atoms with Crippen molar-refractivity contribution in [2.75, 3.05) is 0 Å². The molecular formula is C39H33N5. The molecule has 0 spiro atoms. The maximum Gasteiger partial charge on any atom is 0.225 e. The lowest BCUT2D eigenvalue weighted by atomic mass is 9.98. The maximum absolute atomic E-state index is 5.40. The summed E-state index contributed by atoms with van der Waals surface area (Å²) in [6.45, 7) is 0. The maximum atomic E-state index is 5.40. The molecule has 9 rings (SSSR count). The molecule has 1 unspecified atom stereocenters. The molecule has 0 saturated carbocycles. The molecule has 5 heteroatoms. The largest absolute Gasteiger partial charge is 0.325 e. The van der Waals surface area contributed by atoms with Crippen LogP contribution in [0.3, 0.4) is 0 Å². The SMILES string of the molecule is C1=CCCC(n2c3ccccc3c3ccc4c5ccccc5n(C5N=C(C6=CCCCC6)NC(c6ccccc6)=N5)c4c32)=C1. The summed E-state index contributed by atoms with van der Waals surface area (Å²) in [5.41, 5.74) is 8.48. The van der Waals surface area contributed by atoms with E-state index in [0.29, 0.717) is 0 Å². The van der Waals surface area contributed by atoms with E-state index < -0.39 is 6.29 Å². The summed E-state index contributed by atoms with van der Waals surface area (Å²) < 4.78 is 4.90. The number of nitrogens with zero attached hydrogens (tertiary/aromatic N) is 4. The third kappa shape index (κ3) is 3.92. The number of hydrogen-bond donors (Lipinski definition) is 1. The normalized spacial score (nSPS) is 18.8. The summed E-state index contributed by atoms with van der Waals surface area (Å²) >= 11 is 0. The molecule has 44 heavy (non-hydrogen) atoms. The molecule has 4 aromatic carbocycles. The van der Waals surface area contributed by atoms with E-state index in [-0.39, 0.29) is 0 Å². The zero-order chi connectivity index (χ0) is 29.0.